The van der Waals surface area contributed by atoms with Crippen molar-refractivity contribution >= 4 is 17.4 Å². The van der Waals surface area contributed by atoms with E-state index in [9.17, 15) is 14.7 Å². The highest BCUT2D eigenvalue weighted by molar-refractivity contribution is 6.34. The number of carbonyl (C=O) groups is 2. The summed E-state index contributed by atoms with van der Waals surface area (Å²) in [5.74, 6) is -0.991. The Morgan fingerprint density at radius 3 is 2.25 bits per heavy atom. The molecule has 2 aromatic carbocycles. The second-order valence-electron chi connectivity index (χ2n) is 5.45. The zero-order chi connectivity index (χ0) is 17.1. The molecule has 0 aliphatic carbocycles. The first-order valence-electron chi connectivity index (χ1n) is 7.59. The predicted molar refractivity (Wildman–Crippen MR) is 89.4 cm³/mol. The van der Waals surface area contributed by atoms with Crippen LogP contribution in [0.1, 0.15) is 11.1 Å². The first kappa shape index (κ1) is 15.8. The van der Waals surface area contributed by atoms with Gasteiger partial charge in [0.1, 0.15) is 5.75 Å². The lowest BCUT2D eigenvalue weighted by molar-refractivity contribution is -0.138. The lowest BCUT2D eigenvalue weighted by Crippen LogP contribution is -2.33. The van der Waals surface area contributed by atoms with Crippen molar-refractivity contribution in [3.8, 4) is 5.75 Å². The van der Waals surface area contributed by atoms with Crippen LogP contribution in [-0.4, -0.2) is 35.5 Å². The second kappa shape index (κ2) is 6.58. The molecular formula is C19H17NO4. The van der Waals surface area contributed by atoms with Crippen molar-refractivity contribution in [2.24, 2.45) is 0 Å². The molecule has 0 unspecified atom stereocenters. The molecule has 5 heteroatoms. The predicted octanol–water partition coefficient (Wildman–Crippen LogP) is 2.58. The second-order valence-corrected chi connectivity index (χ2v) is 5.45. The molecule has 1 aliphatic rings. The van der Waals surface area contributed by atoms with Crippen LogP contribution in [0.4, 0.5) is 0 Å². The summed E-state index contributed by atoms with van der Waals surface area (Å²) >= 11 is 0. The smallest absolute Gasteiger partial charge is 0.296 e. The quantitative estimate of drug-likeness (QED) is 0.859. The van der Waals surface area contributed by atoms with E-state index in [0.717, 1.165) is 10.5 Å². The van der Waals surface area contributed by atoms with E-state index in [4.69, 9.17) is 4.74 Å². The summed E-state index contributed by atoms with van der Waals surface area (Å²) in [6.45, 7) is 0.228. The molecule has 24 heavy (non-hydrogen) atoms. The van der Waals surface area contributed by atoms with Crippen molar-refractivity contribution in [1.29, 1.82) is 0 Å². The zero-order valence-corrected chi connectivity index (χ0v) is 13.2. The van der Waals surface area contributed by atoms with Gasteiger partial charge in [0.25, 0.3) is 11.8 Å². The van der Waals surface area contributed by atoms with Crippen LogP contribution in [0, 0.1) is 0 Å². The molecule has 0 saturated heterocycles. The topological polar surface area (TPSA) is 66.8 Å². The molecule has 0 saturated carbocycles. The number of amides is 2. The minimum absolute atomic E-state index is 0.0377. The van der Waals surface area contributed by atoms with Crippen molar-refractivity contribution in [3.63, 3.8) is 0 Å². The summed E-state index contributed by atoms with van der Waals surface area (Å²) in [6.07, 6.45) is 0.543. The summed E-state index contributed by atoms with van der Waals surface area (Å²) in [5.41, 5.74) is 1.56. The molecule has 0 atom stereocenters. The SMILES string of the molecule is COc1ccc(C2=C(O)C(=O)N(CCc3ccccc3)C2=O)cc1. The summed E-state index contributed by atoms with van der Waals surface area (Å²) < 4.78 is 5.07. The molecule has 0 aromatic heterocycles. The van der Waals surface area contributed by atoms with Crippen LogP contribution >= 0.6 is 0 Å². The van der Waals surface area contributed by atoms with Crippen LogP contribution in [0.2, 0.25) is 0 Å². The van der Waals surface area contributed by atoms with Crippen LogP contribution in [0.15, 0.2) is 60.4 Å². The minimum atomic E-state index is -0.651. The highest BCUT2D eigenvalue weighted by atomic mass is 16.5. The van der Waals surface area contributed by atoms with Gasteiger partial charge in [0.2, 0.25) is 0 Å². The van der Waals surface area contributed by atoms with Crippen LogP contribution in [0.3, 0.4) is 0 Å². The Hall–Kier alpha value is -3.08. The third kappa shape index (κ3) is 2.88. The fourth-order valence-corrected chi connectivity index (χ4v) is 2.67. The third-order valence-electron chi connectivity index (χ3n) is 3.99. The average Bonchev–Trinajstić information content (AvgIpc) is 2.83. The number of hydrogen-bond donors (Lipinski definition) is 1. The molecule has 0 radical (unpaired) electrons. The number of methoxy groups -OCH3 is 1. The molecule has 0 fully saturated rings. The fourth-order valence-electron chi connectivity index (χ4n) is 2.67. The monoisotopic (exact) mass is 323 g/mol. The van der Waals surface area contributed by atoms with Crippen LogP contribution < -0.4 is 4.74 Å². The van der Waals surface area contributed by atoms with Gasteiger partial charge in [0.05, 0.1) is 12.7 Å². The van der Waals surface area contributed by atoms with Crippen molar-refractivity contribution in [2.75, 3.05) is 13.7 Å². The number of hydrogen-bond acceptors (Lipinski definition) is 4. The van der Waals surface area contributed by atoms with Crippen molar-refractivity contribution < 1.29 is 19.4 Å². The maximum absolute atomic E-state index is 12.6. The first-order chi connectivity index (χ1) is 11.6. The number of aliphatic hydroxyl groups is 1. The van der Waals surface area contributed by atoms with Gasteiger partial charge < -0.3 is 9.84 Å². The fraction of sp³-hybridized carbons (Fsp3) is 0.158. The maximum Gasteiger partial charge on any atom is 0.296 e. The standard InChI is InChI=1S/C19H17NO4/c1-24-15-9-7-14(8-10-15)16-17(21)19(23)20(18(16)22)12-11-13-5-3-2-4-6-13/h2-10,21H,11-12H2,1H3. The summed E-state index contributed by atoms with van der Waals surface area (Å²) in [5, 5.41) is 10.1. The molecular weight excluding hydrogens is 306 g/mol. The Balaban J connectivity index is 1.79. The van der Waals surface area contributed by atoms with Gasteiger partial charge in [0.15, 0.2) is 5.76 Å². The summed E-state index contributed by atoms with van der Waals surface area (Å²) in [4.78, 5) is 25.9. The highest BCUT2D eigenvalue weighted by Gasteiger charge is 2.38. The molecule has 5 nitrogen and oxygen atoms in total. The van der Waals surface area contributed by atoms with Gasteiger partial charge in [-0.25, -0.2) is 0 Å². The van der Waals surface area contributed by atoms with Gasteiger partial charge >= 0.3 is 0 Å². The average molecular weight is 323 g/mol. The number of rotatable bonds is 5. The van der Waals surface area contributed by atoms with Crippen molar-refractivity contribution in [2.45, 2.75) is 6.42 Å². The number of imide groups is 1. The molecule has 2 aromatic rings. The van der Waals surface area contributed by atoms with Gasteiger partial charge in [-0.15, -0.1) is 0 Å². The minimum Gasteiger partial charge on any atom is -0.502 e. The molecule has 0 spiro atoms. The zero-order valence-electron chi connectivity index (χ0n) is 13.2. The normalized spacial score (nSPS) is 14.5. The van der Waals surface area contributed by atoms with Crippen LogP contribution in [0.5, 0.6) is 5.75 Å². The molecule has 2 amide bonds. The Morgan fingerprint density at radius 2 is 1.62 bits per heavy atom. The lowest BCUT2D eigenvalue weighted by Gasteiger charge is -2.14. The first-order valence-corrected chi connectivity index (χ1v) is 7.59. The van der Waals surface area contributed by atoms with E-state index in [-0.39, 0.29) is 12.1 Å². The summed E-state index contributed by atoms with van der Waals surface area (Å²) in [6, 6.07) is 16.2. The van der Waals surface area contributed by atoms with Gasteiger partial charge in [0, 0.05) is 6.54 Å². The number of nitrogens with zero attached hydrogens (tertiary/aromatic N) is 1. The van der Waals surface area contributed by atoms with E-state index in [0.29, 0.717) is 17.7 Å². The highest BCUT2D eigenvalue weighted by Crippen LogP contribution is 2.29. The molecule has 3 rings (SSSR count). The van der Waals surface area contributed by atoms with Gasteiger partial charge in [-0.1, -0.05) is 42.5 Å². The van der Waals surface area contributed by atoms with E-state index < -0.39 is 17.6 Å². The van der Waals surface area contributed by atoms with E-state index in [2.05, 4.69) is 0 Å². The van der Waals surface area contributed by atoms with Crippen molar-refractivity contribution in [3.05, 3.63) is 71.5 Å². The van der Waals surface area contributed by atoms with E-state index >= 15 is 0 Å². The number of carbonyl (C=O) groups excluding carboxylic acids is 2. The number of ether oxygens (including phenoxy) is 1. The van der Waals surface area contributed by atoms with Gasteiger partial charge in [-0.05, 0) is 29.7 Å². The Labute approximate surface area is 139 Å². The third-order valence-corrected chi connectivity index (χ3v) is 3.99. The van der Waals surface area contributed by atoms with Crippen LogP contribution in [0.25, 0.3) is 5.57 Å². The maximum atomic E-state index is 12.6. The Morgan fingerprint density at radius 1 is 0.958 bits per heavy atom. The van der Waals surface area contributed by atoms with E-state index in [1.807, 2.05) is 30.3 Å². The van der Waals surface area contributed by atoms with Gasteiger partial charge in [-0.2, -0.15) is 0 Å². The van der Waals surface area contributed by atoms with E-state index in [1.54, 1.807) is 31.4 Å². The van der Waals surface area contributed by atoms with Gasteiger partial charge in [-0.3, -0.25) is 14.5 Å². The van der Waals surface area contributed by atoms with Crippen molar-refractivity contribution in [1.82, 2.24) is 4.90 Å². The largest absolute Gasteiger partial charge is 0.502 e. The molecule has 1 N–H and O–H groups in total. The summed E-state index contributed by atoms with van der Waals surface area (Å²) in [7, 11) is 1.54. The molecule has 1 aliphatic heterocycles. The molecule has 122 valence electrons. The van der Waals surface area contributed by atoms with Crippen LogP contribution in [-0.2, 0) is 16.0 Å². The number of aliphatic hydroxyl groups excluding tert-OH is 1. The Bertz CT molecular complexity index is 794. The number of benzene rings is 2. The Kier molecular flexibility index (Phi) is 4.33. The van der Waals surface area contributed by atoms with E-state index in [1.165, 1.54) is 0 Å². The lowest BCUT2D eigenvalue weighted by atomic mass is 10.1. The molecule has 1 heterocycles. The molecule has 0 bridgehead atoms.